The summed E-state index contributed by atoms with van der Waals surface area (Å²) >= 11 is 0. The van der Waals surface area contributed by atoms with Crippen molar-refractivity contribution in [2.75, 3.05) is 4.90 Å². The van der Waals surface area contributed by atoms with Crippen LogP contribution in [0.4, 0.5) is 5.69 Å². The number of anilines is 1. The molecule has 0 bridgehead atoms. The van der Waals surface area contributed by atoms with Gasteiger partial charge in [-0.25, -0.2) is 0 Å². The smallest absolute Gasteiger partial charge is 0.0798 e. The van der Waals surface area contributed by atoms with Gasteiger partial charge in [-0.05, 0) is 116 Å². The Bertz CT molecular complexity index is 3080. The highest BCUT2D eigenvalue weighted by molar-refractivity contribution is 6.16. The number of aromatic nitrogens is 1. The van der Waals surface area contributed by atoms with Crippen molar-refractivity contribution < 1.29 is 5.11 Å². The van der Waals surface area contributed by atoms with Crippen molar-refractivity contribution in [3.05, 3.63) is 227 Å². The monoisotopic (exact) mass is 746 g/mol. The minimum atomic E-state index is -0.632. The maximum atomic E-state index is 11.4. The van der Waals surface area contributed by atoms with E-state index < -0.39 is 5.41 Å². The maximum absolute atomic E-state index is 11.4. The third-order valence-corrected chi connectivity index (χ3v) is 13.4. The lowest BCUT2D eigenvalue weighted by Gasteiger charge is -2.44. The second-order valence-corrected chi connectivity index (χ2v) is 16.5. The molecule has 12 rings (SSSR count). The first-order valence-corrected chi connectivity index (χ1v) is 20.7. The third kappa shape index (κ3) is 4.48. The van der Waals surface area contributed by atoms with E-state index in [9.17, 15) is 5.11 Å². The molecule has 1 spiro atoms. The number of aliphatic hydroxyl groups is 1. The van der Waals surface area contributed by atoms with E-state index in [1.54, 1.807) is 0 Å². The van der Waals surface area contributed by atoms with Gasteiger partial charge in [0.1, 0.15) is 0 Å². The van der Waals surface area contributed by atoms with E-state index >= 15 is 0 Å². The van der Waals surface area contributed by atoms with Crippen LogP contribution in [0.25, 0.3) is 49.7 Å². The highest BCUT2D eigenvalue weighted by Crippen LogP contribution is 2.63. The summed E-state index contributed by atoms with van der Waals surface area (Å²) in [6.45, 7) is 2.28. The van der Waals surface area contributed by atoms with E-state index in [1.165, 1.54) is 67.1 Å². The molecule has 0 amide bonds. The number of fused-ring (bicyclic) bond motifs is 12. The molecule has 0 saturated heterocycles. The van der Waals surface area contributed by atoms with Crippen molar-refractivity contribution >= 4 is 27.5 Å². The van der Waals surface area contributed by atoms with E-state index in [-0.39, 0.29) is 12.6 Å². The molecule has 1 N–H and O–H groups in total. The highest BCUT2D eigenvalue weighted by Gasteiger charge is 2.52. The van der Waals surface area contributed by atoms with Gasteiger partial charge < -0.3 is 14.6 Å². The average Bonchev–Trinajstić information content (AvgIpc) is 3.66. The first-order valence-electron chi connectivity index (χ1n) is 20.7. The van der Waals surface area contributed by atoms with Crippen LogP contribution in [-0.2, 0) is 12.0 Å². The summed E-state index contributed by atoms with van der Waals surface area (Å²) in [6.07, 6.45) is 11.8. The second kappa shape index (κ2) is 12.7. The summed E-state index contributed by atoms with van der Waals surface area (Å²) < 4.78 is 2.48. The molecule has 8 aromatic rings. The van der Waals surface area contributed by atoms with E-state index in [0.717, 1.165) is 45.8 Å². The maximum Gasteiger partial charge on any atom is 0.0798 e. The van der Waals surface area contributed by atoms with E-state index in [4.69, 9.17) is 0 Å². The predicted molar refractivity (Wildman–Crippen MR) is 238 cm³/mol. The molecule has 7 aromatic carbocycles. The summed E-state index contributed by atoms with van der Waals surface area (Å²) in [7, 11) is 0. The van der Waals surface area contributed by atoms with Crippen molar-refractivity contribution in [2.24, 2.45) is 5.92 Å². The van der Waals surface area contributed by atoms with Gasteiger partial charge in [-0.3, -0.25) is 0 Å². The Balaban J connectivity index is 1.19. The number of rotatable bonds is 5. The molecule has 3 nitrogen and oxygen atoms in total. The Hall–Kier alpha value is -6.68. The van der Waals surface area contributed by atoms with Crippen molar-refractivity contribution in [3.8, 4) is 27.9 Å². The summed E-state index contributed by atoms with van der Waals surface area (Å²) in [6, 6.07) is 58.3. The van der Waals surface area contributed by atoms with E-state index in [1.807, 2.05) is 0 Å². The molecule has 3 heteroatoms. The fraction of sp³-hybridized carbons (Fsp3) is 0.127. The molecular formula is C55H42N2O. The van der Waals surface area contributed by atoms with Crippen molar-refractivity contribution in [2.45, 2.75) is 37.8 Å². The lowest BCUT2D eigenvalue weighted by atomic mass is 9.64. The molecular weight excluding hydrogens is 705 g/mol. The summed E-state index contributed by atoms with van der Waals surface area (Å²) in [4.78, 5) is 2.57. The van der Waals surface area contributed by atoms with Gasteiger partial charge in [0, 0.05) is 22.2 Å². The van der Waals surface area contributed by atoms with Crippen LogP contribution in [0.3, 0.4) is 0 Å². The fourth-order valence-corrected chi connectivity index (χ4v) is 10.9. The lowest BCUT2D eigenvalue weighted by Crippen LogP contribution is -2.37. The lowest BCUT2D eigenvalue weighted by molar-refractivity contribution is 0.284. The Morgan fingerprint density at radius 1 is 0.655 bits per heavy atom. The van der Waals surface area contributed by atoms with Gasteiger partial charge in [-0.15, -0.1) is 0 Å². The summed E-state index contributed by atoms with van der Waals surface area (Å²) in [5.41, 5.74) is 18.7. The quantitative estimate of drug-likeness (QED) is 0.190. The Labute approximate surface area is 339 Å². The van der Waals surface area contributed by atoms with Gasteiger partial charge in [-0.2, -0.15) is 0 Å². The summed E-state index contributed by atoms with van der Waals surface area (Å²) in [5, 5.41) is 13.7. The second-order valence-electron chi connectivity index (χ2n) is 16.5. The standard InChI is InChI=1S/C55H42N2O/c1-35-15-14-20-38(28-27-35)52-33-51(37-18-6-3-7-19-37)56(52)39-29-30-41-40-21-8-10-23-45(40)55(47(41)31-39)46-24-11-13-26-50(46)57-49-25-12-9-22-42(49)53-44(34-58)43(32-48(55)54(53)57)36-16-4-2-5-17-36/h2-14,16-26,28-33,35,51,58H,15,27,34H2,1H3. The molecule has 3 unspecified atom stereocenters. The number of nitrogens with zero attached hydrogens (tertiary/aromatic N) is 2. The normalized spacial score (nSPS) is 20.0. The van der Waals surface area contributed by atoms with Crippen LogP contribution >= 0.6 is 0 Å². The molecule has 0 saturated carbocycles. The van der Waals surface area contributed by atoms with Gasteiger partial charge in [0.05, 0.1) is 34.8 Å². The number of hydrogen-bond donors (Lipinski definition) is 1. The molecule has 4 aliphatic rings. The minimum absolute atomic E-state index is 0.0605. The Morgan fingerprint density at radius 3 is 2.22 bits per heavy atom. The van der Waals surface area contributed by atoms with Gasteiger partial charge in [0.2, 0.25) is 0 Å². The zero-order valence-electron chi connectivity index (χ0n) is 32.4. The average molecular weight is 747 g/mol. The number of hydrogen-bond acceptors (Lipinski definition) is 2. The zero-order valence-corrected chi connectivity index (χ0v) is 32.4. The van der Waals surface area contributed by atoms with Gasteiger partial charge in [0.15, 0.2) is 0 Å². The summed E-state index contributed by atoms with van der Waals surface area (Å²) in [5.74, 6) is 0.628. The largest absolute Gasteiger partial charge is 0.392 e. The molecule has 2 aliphatic carbocycles. The van der Waals surface area contributed by atoms with Gasteiger partial charge in [0.25, 0.3) is 0 Å². The molecule has 2 aliphatic heterocycles. The molecule has 0 radical (unpaired) electrons. The molecule has 1 aromatic heterocycles. The first kappa shape index (κ1) is 33.5. The van der Waals surface area contributed by atoms with Crippen LogP contribution in [0.15, 0.2) is 193 Å². The third-order valence-electron chi connectivity index (χ3n) is 13.4. The zero-order chi connectivity index (χ0) is 38.5. The fourth-order valence-electron chi connectivity index (χ4n) is 10.9. The van der Waals surface area contributed by atoms with Crippen LogP contribution in [0.1, 0.15) is 59.2 Å². The number of allylic oxidation sites excluding steroid dienone is 3. The van der Waals surface area contributed by atoms with Crippen molar-refractivity contribution in [1.29, 1.82) is 0 Å². The first-order chi connectivity index (χ1) is 28.7. The van der Waals surface area contributed by atoms with Crippen LogP contribution in [0, 0.1) is 5.92 Å². The van der Waals surface area contributed by atoms with E-state index in [2.05, 4.69) is 198 Å². The van der Waals surface area contributed by atoms with Gasteiger partial charge in [-0.1, -0.05) is 153 Å². The topological polar surface area (TPSA) is 28.4 Å². The number of para-hydroxylation sites is 2. The van der Waals surface area contributed by atoms with Crippen LogP contribution in [-0.4, -0.2) is 9.67 Å². The van der Waals surface area contributed by atoms with Crippen LogP contribution in [0.5, 0.6) is 0 Å². The predicted octanol–water partition coefficient (Wildman–Crippen LogP) is 13.0. The van der Waals surface area contributed by atoms with Crippen LogP contribution < -0.4 is 4.90 Å². The molecule has 58 heavy (non-hydrogen) atoms. The van der Waals surface area contributed by atoms with Crippen LogP contribution in [0.2, 0.25) is 0 Å². The Kier molecular flexibility index (Phi) is 7.30. The van der Waals surface area contributed by atoms with Crippen molar-refractivity contribution in [3.63, 3.8) is 0 Å². The SMILES string of the molecule is CC1CC=CC(C2=CC(c3ccccc3)N2c2ccc3c(c2)C2(c4ccccc4-3)c3ccccc3-n3c4ccccc4c4c(CO)c(-c5ccccc5)cc2c43)=CC1. The minimum Gasteiger partial charge on any atom is -0.392 e. The van der Waals surface area contributed by atoms with Gasteiger partial charge >= 0.3 is 0 Å². The molecule has 278 valence electrons. The van der Waals surface area contributed by atoms with E-state index in [0.29, 0.717) is 5.92 Å². The molecule has 3 atom stereocenters. The number of benzene rings is 7. The Morgan fingerprint density at radius 2 is 1.38 bits per heavy atom. The number of aliphatic hydroxyl groups excluding tert-OH is 1. The molecule has 3 heterocycles. The molecule has 0 fully saturated rings. The highest BCUT2D eigenvalue weighted by atomic mass is 16.3. The van der Waals surface area contributed by atoms with Crippen molar-refractivity contribution in [1.82, 2.24) is 4.57 Å².